The standard InChI is InChI=1S/C23H23F2NO2/c24-20-10-6-18(7-11-20)14-26(15-19-8-12-21(25)13-9-19)16-22(27)17-28-23-4-2-1-3-5-23/h1-13,22,27H,14-17H2/t22-/m0/s1. The number of aliphatic hydroxyl groups is 1. The van der Waals surface area contributed by atoms with Crippen molar-refractivity contribution in [1.82, 2.24) is 4.90 Å². The number of hydrogen-bond donors (Lipinski definition) is 1. The van der Waals surface area contributed by atoms with E-state index < -0.39 is 6.10 Å². The highest BCUT2D eigenvalue weighted by Crippen LogP contribution is 2.14. The Balaban J connectivity index is 1.63. The van der Waals surface area contributed by atoms with Gasteiger partial charge < -0.3 is 9.84 Å². The fourth-order valence-electron chi connectivity index (χ4n) is 2.94. The number of rotatable bonds is 9. The molecule has 0 unspecified atom stereocenters. The van der Waals surface area contributed by atoms with Crippen LogP contribution in [-0.2, 0) is 13.1 Å². The van der Waals surface area contributed by atoms with E-state index in [0.717, 1.165) is 11.1 Å². The summed E-state index contributed by atoms with van der Waals surface area (Å²) in [5.74, 6) is 0.125. The lowest BCUT2D eigenvalue weighted by Crippen LogP contribution is -2.35. The van der Waals surface area contributed by atoms with Crippen molar-refractivity contribution in [3.63, 3.8) is 0 Å². The number of benzene rings is 3. The second-order valence-electron chi connectivity index (χ2n) is 6.70. The minimum absolute atomic E-state index is 0.160. The molecule has 1 atom stereocenters. The molecule has 0 saturated carbocycles. The average Bonchev–Trinajstić information content (AvgIpc) is 2.71. The number of ether oxygens (including phenoxy) is 1. The van der Waals surface area contributed by atoms with Gasteiger partial charge in [-0.2, -0.15) is 0 Å². The van der Waals surface area contributed by atoms with Gasteiger partial charge >= 0.3 is 0 Å². The van der Waals surface area contributed by atoms with Crippen LogP contribution in [-0.4, -0.2) is 29.3 Å². The molecule has 0 saturated heterocycles. The second-order valence-corrected chi connectivity index (χ2v) is 6.70. The third-order valence-electron chi connectivity index (χ3n) is 4.29. The van der Waals surface area contributed by atoms with E-state index in [1.807, 2.05) is 35.2 Å². The van der Waals surface area contributed by atoms with E-state index in [-0.39, 0.29) is 18.2 Å². The molecule has 0 radical (unpaired) electrons. The Morgan fingerprint density at radius 2 is 1.25 bits per heavy atom. The van der Waals surface area contributed by atoms with Crippen molar-refractivity contribution in [2.24, 2.45) is 0 Å². The number of nitrogens with zero attached hydrogens (tertiary/aromatic N) is 1. The summed E-state index contributed by atoms with van der Waals surface area (Å²) < 4.78 is 32.0. The molecule has 5 heteroatoms. The Labute approximate surface area is 163 Å². The van der Waals surface area contributed by atoms with E-state index in [2.05, 4.69) is 0 Å². The molecule has 0 aliphatic rings. The number of aliphatic hydroxyl groups excluding tert-OH is 1. The van der Waals surface area contributed by atoms with Crippen LogP contribution in [0.2, 0.25) is 0 Å². The van der Waals surface area contributed by atoms with Crippen LogP contribution in [0, 0.1) is 11.6 Å². The maximum absolute atomic E-state index is 13.2. The summed E-state index contributed by atoms with van der Waals surface area (Å²) in [7, 11) is 0. The Kier molecular flexibility index (Phi) is 7.12. The van der Waals surface area contributed by atoms with Crippen LogP contribution < -0.4 is 4.74 Å². The van der Waals surface area contributed by atoms with Gasteiger partial charge in [-0.1, -0.05) is 42.5 Å². The van der Waals surface area contributed by atoms with Crippen LogP contribution in [0.5, 0.6) is 5.75 Å². The van der Waals surface area contributed by atoms with Gasteiger partial charge in [0.25, 0.3) is 0 Å². The summed E-state index contributed by atoms with van der Waals surface area (Å²) >= 11 is 0. The quantitative estimate of drug-likeness (QED) is 0.594. The molecule has 0 aliphatic carbocycles. The Morgan fingerprint density at radius 1 is 0.750 bits per heavy atom. The van der Waals surface area contributed by atoms with Gasteiger partial charge in [-0.05, 0) is 47.5 Å². The zero-order chi connectivity index (χ0) is 19.8. The SMILES string of the molecule is O[C@H](COc1ccccc1)CN(Cc1ccc(F)cc1)Cc1ccc(F)cc1. The third kappa shape index (κ3) is 6.44. The molecule has 28 heavy (non-hydrogen) atoms. The van der Waals surface area contributed by atoms with Crippen molar-refractivity contribution in [1.29, 1.82) is 0 Å². The zero-order valence-corrected chi connectivity index (χ0v) is 15.5. The van der Waals surface area contributed by atoms with E-state index in [9.17, 15) is 13.9 Å². The minimum atomic E-state index is -0.707. The number of halogens is 2. The van der Waals surface area contributed by atoms with Crippen LogP contribution in [0.25, 0.3) is 0 Å². The molecule has 146 valence electrons. The molecule has 1 N–H and O–H groups in total. The van der Waals surface area contributed by atoms with Crippen LogP contribution in [0.4, 0.5) is 8.78 Å². The maximum atomic E-state index is 13.2. The molecule has 3 nitrogen and oxygen atoms in total. The first-order valence-corrected chi connectivity index (χ1v) is 9.15. The monoisotopic (exact) mass is 383 g/mol. The van der Waals surface area contributed by atoms with E-state index in [1.54, 1.807) is 24.3 Å². The summed E-state index contributed by atoms with van der Waals surface area (Å²) in [6.07, 6.45) is -0.707. The lowest BCUT2D eigenvalue weighted by Gasteiger charge is -2.25. The lowest BCUT2D eigenvalue weighted by molar-refractivity contribution is 0.0628. The maximum Gasteiger partial charge on any atom is 0.123 e. The van der Waals surface area contributed by atoms with Gasteiger partial charge in [-0.25, -0.2) is 8.78 Å². The van der Waals surface area contributed by atoms with Crippen molar-refractivity contribution in [2.75, 3.05) is 13.2 Å². The molecule has 3 rings (SSSR count). The van der Waals surface area contributed by atoms with Gasteiger partial charge in [-0.3, -0.25) is 4.90 Å². The van der Waals surface area contributed by atoms with Crippen molar-refractivity contribution in [3.8, 4) is 5.75 Å². The van der Waals surface area contributed by atoms with Crippen molar-refractivity contribution in [3.05, 3.63) is 102 Å². The Morgan fingerprint density at radius 3 is 1.75 bits per heavy atom. The lowest BCUT2D eigenvalue weighted by atomic mass is 10.1. The highest BCUT2D eigenvalue weighted by atomic mass is 19.1. The fourth-order valence-corrected chi connectivity index (χ4v) is 2.94. The van der Waals surface area contributed by atoms with E-state index >= 15 is 0 Å². The molecule has 3 aromatic carbocycles. The molecule has 0 fully saturated rings. The molecule has 0 heterocycles. The van der Waals surface area contributed by atoms with Crippen molar-refractivity contribution in [2.45, 2.75) is 19.2 Å². The molecule has 0 aromatic heterocycles. The van der Waals surface area contributed by atoms with Crippen molar-refractivity contribution >= 4 is 0 Å². The van der Waals surface area contributed by atoms with Crippen LogP contribution in [0.3, 0.4) is 0 Å². The molecule has 0 spiro atoms. The summed E-state index contributed by atoms with van der Waals surface area (Å²) in [5, 5.41) is 10.4. The molecular weight excluding hydrogens is 360 g/mol. The van der Waals surface area contributed by atoms with Gasteiger partial charge in [0.05, 0.1) is 0 Å². The van der Waals surface area contributed by atoms with Crippen LogP contribution >= 0.6 is 0 Å². The summed E-state index contributed by atoms with van der Waals surface area (Å²) in [5.41, 5.74) is 1.86. The Hall–Kier alpha value is -2.76. The fraction of sp³-hybridized carbons (Fsp3) is 0.217. The van der Waals surface area contributed by atoms with E-state index in [1.165, 1.54) is 24.3 Å². The van der Waals surface area contributed by atoms with Crippen molar-refractivity contribution < 1.29 is 18.6 Å². The predicted molar refractivity (Wildman–Crippen MR) is 105 cm³/mol. The molecular formula is C23H23F2NO2. The van der Waals surface area contributed by atoms with E-state index in [0.29, 0.717) is 25.4 Å². The van der Waals surface area contributed by atoms with Gasteiger partial charge in [0.15, 0.2) is 0 Å². The normalized spacial score (nSPS) is 12.1. The molecule has 0 amide bonds. The number of para-hydroxylation sites is 1. The smallest absolute Gasteiger partial charge is 0.123 e. The first-order chi connectivity index (χ1) is 13.6. The third-order valence-corrected chi connectivity index (χ3v) is 4.29. The largest absolute Gasteiger partial charge is 0.491 e. The number of hydrogen-bond acceptors (Lipinski definition) is 3. The topological polar surface area (TPSA) is 32.7 Å². The van der Waals surface area contributed by atoms with Crippen LogP contribution in [0.15, 0.2) is 78.9 Å². The summed E-state index contributed by atoms with van der Waals surface area (Å²) in [6.45, 7) is 1.58. The highest BCUT2D eigenvalue weighted by molar-refractivity contribution is 5.21. The summed E-state index contributed by atoms with van der Waals surface area (Å²) in [4.78, 5) is 2.03. The van der Waals surface area contributed by atoms with E-state index in [4.69, 9.17) is 4.74 Å². The molecule has 0 aliphatic heterocycles. The van der Waals surface area contributed by atoms with Gasteiger partial charge in [0.2, 0.25) is 0 Å². The predicted octanol–water partition coefficient (Wildman–Crippen LogP) is 4.41. The van der Waals surface area contributed by atoms with Gasteiger partial charge in [0.1, 0.15) is 30.1 Å². The first-order valence-electron chi connectivity index (χ1n) is 9.15. The molecule has 3 aromatic rings. The Bertz CT molecular complexity index is 791. The minimum Gasteiger partial charge on any atom is -0.491 e. The molecule has 0 bridgehead atoms. The highest BCUT2D eigenvalue weighted by Gasteiger charge is 2.14. The van der Waals surface area contributed by atoms with Gasteiger partial charge in [0, 0.05) is 19.6 Å². The second kappa shape index (κ2) is 9.97. The summed E-state index contributed by atoms with van der Waals surface area (Å²) in [6, 6.07) is 21.9. The van der Waals surface area contributed by atoms with Gasteiger partial charge in [-0.15, -0.1) is 0 Å². The average molecular weight is 383 g/mol. The first kappa shape index (κ1) is 20.0. The zero-order valence-electron chi connectivity index (χ0n) is 15.5. The van der Waals surface area contributed by atoms with Crippen LogP contribution in [0.1, 0.15) is 11.1 Å².